The standard InChI is InChI=1S/C13H13F2N5/c1-19-5-3-17-11(19)2-4-20-10-7-8(14)6-9(15)12(10)18-13(20)16/h3,5-7H,2,4H2,1H3,(H2,16,18). The van der Waals surface area contributed by atoms with Crippen molar-refractivity contribution in [3.05, 3.63) is 42.0 Å². The van der Waals surface area contributed by atoms with Crippen LogP contribution in [0.4, 0.5) is 14.7 Å². The molecule has 0 amide bonds. The fourth-order valence-corrected chi connectivity index (χ4v) is 2.25. The second kappa shape index (κ2) is 4.59. The molecule has 0 unspecified atom stereocenters. The van der Waals surface area contributed by atoms with E-state index in [-0.39, 0.29) is 11.5 Å². The summed E-state index contributed by atoms with van der Waals surface area (Å²) in [6.07, 6.45) is 4.13. The molecule has 104 valence electrons. The summed E-state index contributed by atoms with van der Waals surface area (Å²) in [5.41, 5.74) is 6.23. The molecule has 0 atom stereocenters. The van der Waals surface area contributed by atoms with Crippen molar-refractivity contribution in [3.8, 4) is 0 Å². The van der Waals surface area contributed by atoms with Crippen LogP contribution in [0.1, 0.15) is 5.82 Å². The van der Waals surface area contributed by atoms with Gasteiger partial charge in [0.25, 0.3) is 0 Å². The van der Waals surface area contributed by atoms with Gasteiger partial charge in [0.15, 0.2) is 5.82 Å². The summed E-state index contributed by atoms with van der Waals surface area (Å²) in [5.74, 6) is -0.322. The molecule has 7 heteroatoms. The third-order valence-electron chi connectivity index (χ3n) is 3.28. The van der Waals surface area contributed by atoms with E-state index in [4.69, 9.17) is 5.73 Å². The van der Waals surface area contributed by atoms with Crippen molar-refractivity contribution in [3.63, 3.8) is 0 Å². The Balaban J connectivity index is 1.99. The van der Waals surface area contributed by atoms with Crippen LogP contribution in [0, 0.1) is 11.6 Å². The number of aryl methyl sites for hydroxylation is 3. The van der Waals surface area contributed by atoms with Crippen molar-refractivity contribution in [2.24, 2.45) is 7.05 Å². The van der Waals surface area contributed by atoms with Gasteiger partial charge in [0, 0.05) is 44.5 Å². The minimum Gasteiger partial charge on any atom is -0.369 e. The number of imidazole rings is 2. The van der Waals surface area contributed by atoms with Crippen LogP contribution >= 0.6 is 0 Å². The fourth-order valence-electron chi connectivity index (χ4n) is 2.25. The Kier molecular flexibility index (Phi) is 2.89. The molecule has 0 bridgehead atoms. The molecule has 2 heterocycles. The van der Waals surface area contributed by atoms with E-state index in [1.165, 1.54) is 6.07 Å². The number of nitrogens with zero attached hydrogens (tertiary/aromatic N) is 4. The third kappa shape index (κ3) is 2.01. The van der Waals surface area contributed by atoms with E-state index in [9.17, 15) is 8.78 Å². The third-order valence-corrected chi connectivity index (χ3v) is 3.28. The van der Waals surface area contributed by atoms with E-state index in [1.807, 2.05) is 17.8 Å². The van der Waals surface area contributed by atoms with Crippen LogP contribution in [0.2, 0.25) is 0 Å². The normalized spacial score (nSPS) is 11.3. The van der Waals surface area contributed by atoms with Gasteiger partial charge in [-0.25, -0.2) is 18.7 Å². The Labute approximate surface area is 113 Å². The van der Waals surface area contributed by atoms with Crippen molar-refractivity contribution in [2.45, 2.75) is 13.0 Å². The van der Waals surface area contributed by atoms with Gasteiger partial charge in [-0.1, -0.05) is 0 Å². The smallest absolute Gasteiger partial charge is 0.201 e. The highest BCUT2D eigenvalue weighted by Crippen LogP contribution is 2.22. The van der Waals surface area contributed by atoms with Crippen molar-refractivity contribution in [1.29, 1.82) is 0 Å². The van der Waals surface area contributed by atoms with Crippen LogP contribution in [-0.4, -0.2) is 19.1 Å². The minimum atomic E-state index is -0.706. The molecule has 2 N–H and O–H groups in total. The Morgan fingerprint density at radius 1 is 1.30 bits per heavy atom. The summed E-state index contributed by atoms with van der Waals surface area (Å²) in [7, 11) is 1.89. The van der Waals surface area contributed by atoms with Gasteiger partial charge in [0.1, 0.15) is 17.2 Å². The molecule has 1 aromatic carbocycles. The SMILES string of the molecule is Cn1ccnc1CCn1c(N)nc2c(F)cc(F)cc21. The lowest BCUT2D eigenvalue weighted by molar-refractivity contribution is 0.589. The quantitative estimate of drug-likeness (QED) is 0.795. The van der Waals surface area contributed by atoms with Crippen molar-refractivity contribution >= 4 is 17.0 Å². The molecule has 5 nitrogen and oxygen atoms in total. The molecular weight excluding hydrogens is 264 g/mol. The highest BCUT2D eigenvalue weighted by atomic mass is 19.1. The molecule has 0 aliphatic carbocycles. The number of anilines is 1. The van der Waals surface area contributed by atoms with Crippen LogP contribution in [0.25, 0.3) is 11.0 Å². The maximum absolute atomic E-state index is 13.6. The second-order valence-electron chi connectivity index (χ2n) is 4.58. The van der Waals surface area contributed by atoms with Crippen molar-refractivity contribution in [1.82, 2.24) is 19.1 Å². The highest BCUT2D eigenvalue weighted by molar-refractivity contribution is 5.79. The molecule has 0 saturated carbocycles. The molecule has 20 heavy (non-hydrogen) atoms. The van der Waals surface area contributed by atoms with Crippen LogP contribution in [-0.2, 0) is 20.0 Å². The lowest BCUT2D eigenvalue weighted by Crippen LogP contribution is -2.08. The first kappa shape index (κ1) is 12.6. The number of fused-ring (bicyclic) bond motifs is 1. The number of aromatic nitrogens is 4. The number of hydrogen-bond acceptors (Lipinski definition) is 3. The molecule has 3 aromatic rings. The molecule has 3 rings (SSSR count). The van der Waals surface area contributed by atoms with E-state index in [2.05, 4.69) is 9.97 Å². The summed E-state index contributed by atoms with van der Waals surface area (Å²) in [4.78, 5) is 8.15. The number of halogens is 2. The number of rotatable bonds is 3. The van der Waals surface area contributed by atoms with Gasteiger partial charge < -0.3 is 14.9 Å². The van der Waals surface area contributed by atoms with Crippen LogP contribution < -0.4 is 5.73 Å². The van der Waals surface area contributed by atoms with Crippen molar-refractivity contribution < 1.29 is 8.78 Å². The van der Waals surface area contributed by atoms with Crippen LogP contribution in [0.5, 0.6) is 0 Å². The Hall–Kier alpha value is -2.44. The number of hydrogen-bond donors (Lipinski definition) is 1. The van der Waals surface area contributed by atoms with E-state index in [0.717, 1.165) is 11.9 Å². The Morgan fingerprint density at radius 2 is 2.10 bits per heavy atom. The molecule has 0 saturated heterocycles. The predicted molar refractivity (Wildman–Crippen MR) is 71.0 cm³/mol. The number of nitrogens with two attached hydrogens (primary N) is 1. The summed E-state index contributed by atoms with van der Waals surface area (Å²) in [6, 6.07) is 2.04. The van der Waals surface area contributed by atoms with Crippen LogP contribution in [0.15, 0.2) is 24.5 Å². The Morgan fingerprint density at radius 3 is 2.80 bits per heavy atom. The Bertz CT molecular complexity index is 775. The zero-order chi connectivity index (χ0) is 14.3. The summed E-state index contributed by atoms with van der Waals surface area (Å²) >= 11 is 0. The average Bonchev–Trinajstić information content (AvgIpc) is 2.91. The summed E-state index contributed by atoms with van der Waals surface area (Å²) in [6.45, 7) is 0.454. The minimum absolute atomic E-state index is 0.0868. The predicted octanol–water partition coefficient (Wildman–Crippen LogP) is 1.87. The zero-order valence-electron chi connectivity index (χ0n) is 10.8. The molecule has 0 spiro atoms. The molecule has 0 aliphatic heterocycles. The second-order valence-corrected chi connectivity index (χ2v) is 4.58. The maximum Gasteiger partial charge on any atom is 0.201 e. The van der Waals surface area contributed by atoms with Crippen LogP contribution in [0.3, 0.4) is 0 Å². The highest BCUT2D eigenvalue weighted by Gasteiger charge is 2.14. The topological polar surface area (TPSA) is 61.7 Å². The van der Waals surface area contributed by atoms with Gasteiger partial charge in [-0.2, -0.15) is 0 Å². The van der Waals surface area contributed by atoms with E-state index in [1.54, 1.807) is 10.8 Å². The van der Waals surface area contributed by atoms with Gasteiger partial charge in [0.05, 0.1) is 5.52 Å². The largest absolute Gasteiger partial charge is 0.369 e. The van der Waals surface area contributed by atoms with Gasteiger partial charge in [0.2, 0.25) is 5.95 Å². The molecule has 0 aliphatic rings. The lowest BCUT2D eigenvalue weighted by Gasteiger charge is -2.06. The summed E-state index contributed by atoms with van der Waals surface area (Å²) in [5, 5.41) is 0. The number of nitrogen functional groups attached to an aromatic ring is 1. The van der Waals surface area contributed by atoms with Gasteiger partial charge in [-0.05, 0) is 0 Å². The lowest BCUT2D eigenvalue weighted by atomic mass is 10.3. The fraction of sp³-hybridized carbons (Fsp3) is 0.231. The maximum atomic E-state index is 13.6. The molecular formula is C13H13F2N5. The summed E-state index contributed by atoms with van der Waals surface area (Å²) < 4.78 is 30.4. The van der Waals surface area contributed by atoms with Gasteiger partial charge in [-0.15, -0.1) is 0 Å². The number of benzene rings is 1. The van der Waals surface area contributed by atoms with E-state index < -0.39 is 11.6 Å². The monoisotopic (exact) mass is 277 g/mol. The molecule has 2 aromatic heterocycles. The first-order chi connectivity index (χ1) is 9.56. The first-order valence-corrected chi connectivity index (χ1v) is 6.13. The molecule has 0 radical (unpaired) electrons. The first-order valence-electron chi connectivity index (χ1n) is 6.13. The average molecular weight is 277 g/mol. The van der Waals surface area contributed by atoms with E-state index >= 15 is 0 Å². The zero-order valence-corrected chi connectivity index (χ0v) is 10.8. The van der Waals surface area contributed by atoms with Gasteiger partial charge in [-0.3, -0.25) is 0 Å². The molecule has 0 fully saturated rings. The van der Waals surface area contributed by atoms with Crippen molar-refractivity contribution in [2.75, 3.05) is 5.73 Å². The van der Waals surface area contributed by atoms with Gasteiger partial charge >= 0.3 is 0 Å². The van der Waals surface area contributed by atoms with E-state index in [0.29, 0.717) is 18.5 Å².